The number of hydrogen-bond acceptors (Lipinski definition) is 2. The van der Waals surface area contributed by atoms with Gasteiger partial charge in [0.25, 0.3) is 0 Å². The fraction of sp³-hybridized carbons (Fsp3) is 0.917. The zero-order valence-electron chi connectivity index (χ0n) is 8.96. The fourth-order valence-electron chi connectivity index (χ4n) is 3.47. The smallest absolute Gasteiger partial charge is 0.138 e. The number of Topliss-reactive ketones (excluding diaryl/α,β-unsaturated/α-hetero) is 1. The number of fused-ring (bicyclic) bond motifs is 1. The lowest BCUT2D eigenvalue weighted by molar-refractivity contribution is -0.135. The predicted octanol–water partition coefficient (Wildman–Crippen LogP) is 2.15. The lowest BCUT2D eigenvalue weighted by Crippen LogP contribution is -2.45. The first kappa shape index (κ1) is 10.2. The summed E-state index contributed by atoms with van der Waals surface area (Å²) in [5.41, 5.74) is 0.347. The van der Waals surface area contributed by atoms with Crippen LogP contribution in [0.1, 0.15) is 45.4 Å². The summed E-state index contributed by atoms with van der Waals surface area (Å²) >= 11 is 0. The second-order valence-electron chi connectivity index (χ2n) is 5.26. The van der Waals surface area contributed by atoms with Gasteiger partial charge >= 0.3 is 0 Å². The van der Waals surface area contributed by atoms with Crippen molar-refractivity contribution >= 4 is 5.78 Å². The van der Waals surface area contributed by atoms with E-state index < -0.39 is 0 Å². The van der Waals surface area contributed by atoms with Crippen LogP contribution in [0.2, 0.25) is 0 Å². The van der Waals surface area contributed by atoms with Crippen LogP contribution < -0.4 is 0 Å². The minimum atomic E-state index is -0.0472. The van der Waals surface area contributed by atoms with Crippen molar-refractivity contribution in [3.63, 3.8) is 0 Å². The lowest BCUT2D eigenvalue weighted by atomic mass is 9.56. The summed E-state index contributed by atoms with van der Waals surface area (Å²) in [6.07, 6.45) is 6.68. The van der Waals surface area contributed by atoms with E-state index in [4.69, 9.17) is 0 Å². The molecule has 3 atom stereocenters. The van der Waals surface area contributed by atoms with Crippen molar-refractivity contribution in [3.8, 4) is 0 Å². The third-order valence-electron chi connectivity index (χ3n) is 4.45. The average Bonchev–Trinajstić information content (AvgIpc) is 2.19. The van der Waals surface area contributed by atoms with Crippen LogP contribution in [0.15, 0.2) is 0 Å². The quantitative estimate of drug-likeness (QED) is 0.697. The summed E-state index contributed by atoms with van der Waals surface area (Å²) < 4.78 is 0. The van der Waals surface area contributed by atoms with E-state index in [0.29, 0.717) is 23.5 Å². The number of aliphatic hydroxyl groups is 1. The van der Waals surface area contributed by atoms with E-state index in [0.717, 1.165) is 12.8 Å². The summed E-state index contributed by atoms with van der Waals surface area (Å²) in [5, 5.41) is 9.29. The number of rotatable bonds is 1. The number of carbonyl (C=O) groups is 1. The van der Waals surface area contributed by atoms with Crippen LogP contribution in [0.25, 0.3) is 0 Å². The van der Waals surface area contributed by atoms with Gasteiger partial charge in [0.05, 0.1) is 6.61 Å². The molecule has 1 N–H and O–H groups in total. The minimum Gasteiger partial charge on any atom is -0.396 e. The third-order valence-corrected chi connectivity index (χ3v) is 4.45. The normalized spacial score (nSPS) is 43.4. The van der Waals surface area contributed by atoms with E-state index in [9.17, 15) is 9.90 Å². The molecule has 2 rings (SSSR count). The standard InChI is InChI=1S/C12H20O2/c1-12-6-3-2-4-10(12)9(8-13)11(14)5-7-12/h9-10,13H,2-8H2,1H3. The monoisotopic (exact) mass is 196 g/mol. The van der Waals surface area contributed by atoms with Gasteiger partial charge in [0.15, 0.2) is 0 Å². The Hall–Kier alpha value is -0.370. The van der Waals surface area contributed by atoms with Gasteiger partial charge in [-0.3, -0.25) is 4.79 Å². The molecular weight excluding hydrogens is 176 g/mol. The number of carbonyl (C=O) groups excluding carboxylic acids is 1. The highest BCUT2D eigenvalue weighted by Gasteiger charge is 2.46. The molecule has 80 valence electrons. The van der Waals surface area contributed by atoms with Crippen molar-refractivity contribution in [1.29, 1.82) is 0 Å². The molecule has 0 aromatic rings. The van der Waals surface area contributed by atoms with Crippen LogP contribution in [0.3, 0.4) is 0 Å². The Balaban J connectivity index is 2.20. The Labute approximate surface area is 85.7 Å². The molecule has 3 unspecified atom stereocenters. The second-order valence-corrected chi connectivity index (χ2v) is 5.26. The summed E-state index contributed by atoms with van der Waals surface area (Å²) in [6.45, 7) is 2.38. The zero-order valence-corrected chi connectivity index (χ0v) is 8.96. The van der Waals surface area contributed by atoms with Crippen molar-refractivity contribution in [2.24, 2.45) is 17.3 Å². The molecular formula is C12H20O2. The number of aliphatic hydroxyl groups excluding tert-OH is 1. The first-order chi connectivity index (χ1) is 6.67. The summed E-state index contributed by atoms with van der Waals surface area (Å²) in [6, 6.07) is 0. The maximum atomic E-state index is 11.7. The van der Waals surface area contributed by atoms with Crippen LogP contribution in [-0.4, -0.2) is 17.5 Å². The summed E-state index contributed by atoms with van der Waals surface area (Å²) in [7, 11) is 0. The van der Waals surface area contributed by atoms with Crippen molar-refractivity contribution < 1.29 is 9.90 Å². The predicted molar refractivity (Wildman–Crippen MR) is 54.9 cm³/mol. The molecule has 0 aromatic carbocycles. The topological polar surface area (TPSA) is 37.3 Å². The Kier molecular flexibility index (Phi) is 2.65. The highest BCUT2D eigenvalue weighted by atomic mass is 16.3. The second kappa shape index (κ2) is 3.65. The molecule has 14 heavy (non-hydrogen) atoms. The van der Waals surface area contributed by atoms with E-state index in [-0.39, 0.29) is 12.5 Å². The van der Waals surface area contributed by atoms with Crippen LogP contribution in [0.5, 0.6) is 0 Å². The van der Waals surface area contributed by atoms with E-state index in [1.807, 2.05) is 0 Å². The fourth-order valence-corrected chi connectivity index (χ4v) is 3.47. The van der Waals surface area contributed by atoms with Crippen LogP contribution in [-0.2, 0) is 4.79 Å². The van der Waals surface area contributed by atoms with Gasteiger partial charge in [0.2, 0.25) is 0 Å². The van der Waals surface area contributed by atoms with Crippen LogP contribution in [0, 0.1) is 17.3 Å². The molecule has 0 aliphatic heterocycles. The summed E-state index contributed by atoms with van der Waals surface area (Å²) in [5.74, 6) is 0.716. The first-order valence-electron chi connectivity index (χ1n) is 5.81. The number of hydrogen-bond donors (Lipinski definition) is 1. The van der Waals surface area contributed by atoms with Crippen LogP contribution >= 0.6 is 0 Å². The van der Waals surface area contributed by atoms with Gasteiger partial charge in [-0.05, 0) is 30.6 Å². The Morgan fingerprint density at radius 1 is 1.43 bits per heavy atom. The van der Waals surface area contributed by atoms with Gasteiger partial charge in [-0.2, -0.15) is 0 Å². The van der Waals surface area contributed by atoms with Gasteiger partial charge in [-0.1, -0.05) is 19.8 Å². The van der Waals surface area contributed by atoms with Gasteiger partial charge < -0.3 is 5.11 Å². The molecule has 0 heterocycles. The molecule has 0 aromatic heterocycles. The first-order valence-corrected chi connectivity index (χ1v) is 5.81. The Morgan fingerprint density at radius 2 is 2.21 bits per heavy atom. The molecule has 2 heteroatoms. The third kappa shape index (κ3) is 1.50. The van der Waals surface area contributed by atoms with Gasteiger partial charge in [-0.25, -0.2) is 0 Å². The van der Waals surface area contributed by atoms with Crippen molar-refractivity contribution in [1.82, 2.24) is 0 Å². The van der Waals surface area contributed by atoms with Crippen molar-refractivity contribution in [2.75, 3.05) is 6.61 Å². The lowest BCUT2D eigenvalue weighted by Gasteiger charge is -2.48. The van der Waals surface area contributed by atoms with Crippen molar-refractivity contribution in [3.05, 3.63) is 0 Å². The molecule has 0 bridgehead atoms. The molecule has 2 aliphatic rings. The maximum absolute atomic E-state index is 11.7. The molecule has 2 nitrogen and oxygen atoms in total. The Bertz CT molecular complexity index is 236. The Morgan fingerprint density at radius 3 is 2.93 bits per heavy atom. The van der Waals surface area contributed by atoms with E-state index in [1.165, 1.54) is 19.3 Å². The minimum absolute atomic E-state index is 0.0472. The zero-order chi connectivity index (χ0) is 10.2. The van der Waals surface area contributed by atoms with E-state index in [2.05, 4.69) is 6.92 Å². The number of ketones is 1. The molecule has 0 saturated heterocycles. The maximum Gasteiger partial charge on any atom is 0.138 e. The molecule has 2 fully saturated rings. The van der Waals surface area contributed by atoms with Gasteiger partial charge in [-0.15, -0.1) is 0 Å². The largest absolute Gasteiger partial charge is 0.396 e. The average molecular weight is 196 g/mol. The molecule has 0 amide bonds. The van der Waals surface area contributed by atoms with Crippen LogP contribution in [0.4, 0.5) is 0 Å². The van der Waals surface area contributed by atoms with Gasteiger partial charge in [0.1, 0.15) is 5.78 Å². The molecule has 2 saturated carbocycles. The molecule has 0 radical (unpaired) electrons. The highest BCUT2D eigenvalue weighted by Crippen LogP contribution is 2.51. The highest BCUT2D eigenvalue weighted by molar-refractivity contribution is 5.82. The summed E-state index contributed by atoms with van der Waals surface area (Å²) in [4.78, 5) is 11.7. The van der Waals surface area contributed by atoms with E-state index in [1.54, 1.807) is 0 Å². The SMILES string of the molecule is CC12CCCCC1C(CO)C(=O)CC2. The van der Waals surface area contributed by atoms with Crippen molar-refractivity contribution in [2.45, 2.75) is 45.4 Å². The van der Waals surface area contributed by atoms with Gasteiger partial charge in [0, 0.05) is 12.3 Å². The molecule has 0 spiro atoms. The molecule has 2 aliphatic carbocycles. The van der Waals surface area contributed by atoms with E-state index >= 15 is 0 Å².